The Balaban J connectivity index is 4.38. The molecule has 0 aliphatic carbocycles. The predicted molar refractivity (Wildman–Crippen MR) is 57.4 cm³/mol. The van der Waals surface area contributed by atoms with Gasteiger partial charge in [0.15, 0.2) is 5.11 Å². The van der Waals surface area contributed by atoms with Gasteiger partial charge in [-0.2, -0.15) is 5.10 Å². The fourth-order valence-electron chi connectivity index (χ4n) is 0.794. The van der Waals surface area contributed by atoms with E-state index in [4.69, 9.17) is 15.9 Å². The van der Waals surface area contributed by atoms with E-state index in [0.717, 1.165) is 6.21 Å². The molecule has 0 bridgehead atoms. The van der Waals surface area contributed by atoms with Crippen molar-refractivity contribution in [1.29, 1.82) is 0 Å². The van der Waals surface area contributed by atoms with Gasteiger partial charge in [0, 0.05) is 0 Å². The maximum atomic E-state index is 10.2. The molecule has 0 saturated carbocycles. The first kappa shape index (κ1) is 15.7. The molecule has 0 spiro atoms. The third-order valence-electron chi connectivity index (χ3n) is 1.67. The summed E-state index contributed by atoms with van der Waals surface area (Å²) in [6, 6.07) is 0. The van der Waals surface area contributed by atoms with Gasteiger partial charge >= 0.3 is 0 Å². The summed E-state index contributed by atoms with van der Waals surface area (Å²) in [7, 11) is 0. The number of nitrogens with two attached hydrogens (primary N) is 1. The van der Waals surface area contributed by atoms with Gasteiger partial charge in [0.2, 0.25) is 0 Å². The minimum Gasteiger partial charge on any atom is -0.547 e. The highest BCUT2D eigenvalue weighted by molar-refractivity contribution is 7.80. The molecule has 0 amide bonds. The molecule has 0 heterocycles. The maximum Gasteiger partial charge on any atom is 0.184 e. The highest BCUT2D eigenvalue weighted by Gasteiger charge is 2.30. The number of carboxylic acid groups (broad SMARTS) is 1. The van der Waals surface area contributed by atoms with E-state index in [-0.39, 0.29) is 5.11 Å². The molecule has 4 atom stereocenters. The summed E-state index contributed by atoms with van der Waals surface area (Å²) in [5.41, 5.74) is 7.05. The zero-order valence-corrected chi connectivity index (χ0v) is 9.24. The standard InChI is InChI=1S/C7H13N3O6S/c8-7(17)10-9-1-2(11)3(12)4(13)5(14)6(15)16/h1-5,11-14H,(H,15,16)(H3,8,10,17)/p-1/b9-1-/t2-,3-,4-,5-/m0/s1. The number of nitrogens with one attached hydrogen (secondary N) is 1. The molecule has 0 rings (SSSR count). The van der Waals surface area contributed by atoms with Crippen LogP contribution < -0.4 is 16.3 Å². The molecule has 0 aliphatic heterocycles. The molecule has 0 fully saturated rings. The number of thiocarbonyl (C=S) groups is 1. The number of carbonyl (C=O) groups is 1. The van der Waals surface area contributed by atoms with E-state index in [2.05, 4.69) is 22.7 Å². The van der Waals surface area contributed by atoms with Crippen molar-refractivity contribution in [3.63, 3.8) is 0 Å². The number of aliphatic hydroxyl groups is 4. The van der Waals surface area contributed by atoms with E-state index in [0.29, 0.717) is 0 Å². The molecule has 10 heteroatoms. The second-order valence-electron chi connectivity index (χ2n) is 2.99. The molecule has 98 valence electrons. The van der Waals surface area contributed by atoms with E-state index >= 15 is 0 Å². The average Bonchev–Trinajstić information content (AvgIpc) is 2.25. The SMILES string of the molecule is NC(=S)N/N=C\[C@H](O)[C@H](O)[C@H](O)[C@H](O)C(=O)[O-]. The van der Waals surface area contributed by atoms with Gasteiger partial charge in [0.1, 0.15) is 24.4 Å². The van der Waals surface area contributed by atoms with Crippen molar-refractivity contribution in [3.05, 3.63) is 0 Å². The van der Waals surface area contributed by atoms with Crippen molar-refractivity contribution < 1.29 is 30.3 Å². The van der Waals surface area contributed by atoms with Crippen LogP contribution >= 0.6 is 12.2 Å². The second-order valence-corrected chi connectivity index (χ2v) is 3.43. The summed E-state index contributed by atoms with van der Waals surface area (Å²) in [6.07, 6.45) is -7.46. The highest BCUT2D eigenvalue weighted by Crippen LogP contribution is 2.03. The van der Waals surface area contributed by atoms with E-state index in [1.807, 2.05) is 0 Å². The zero-order chi connectivity index (χ0) is 13.6. The Bertz CT molecular complexity index is 312. The Morgan fingerprint density at radius 2 is 1.88 bits per heavy atom. The normalized spacial score (nSPS) is 18.4. The monoisotopic (exact) mass is 266 g/mol. The van der Waals surface area contributed by atoms with Crippen molar-refractivity contribution in [2.24, 2.45) is 10.8 Å². The minimum atomic E-state index is -2.34. The summed E-state index contributed by atoms with van der Waals surface area (Å²) < 4.78 is 0. The summed E-state index contributed by atoms with van der Waals surface area (Å²) in [6.45, 7) is 0. The largest absolute Gasteiger partial charge is 0.547 e. The molecule has 9 nitrogen and oxygen atoms in total. The molecule has 7 N–H and O–H groups in total. The van der Waals surface area contributed by atoms with Gasteiger partial charge in [-0.05, 0) is 12.2 Å². The smallest absolute Gasteiger partial charge is 0.184 e. The Labute approximate surface area is 101 Å². The molecule has 0 saturated heterocycles. The van der Waals surface area contributed by atoms with Crippen LogP contribution in [0.15, 0.2) is 5.10 Å². The van der Waals surface area contributed by atoms with Gasteiger partial charge in [0.05, 0.1) is 12.2 Å². The number of carbonyl (C=O) groups excluding carboxylic acids is 1. The van der Waals surface area contributed by atoms with E-state index < -0.39 is 30.4 Å². The molecule has 0 radical (unpaired) electrons. The van der Waals surface area contributed by atoms with Crippen LogP contribution in [0.3, 0.4) is 0 Å². The lowest BCUT2D eigenvalue weighted by Gasteiger charge is -2.25. The second kappa shape index (κ2) is 7.09. The lowest BCUT2D eigenvalue weighted by molar-refractivity contribution is -0.320. The Morgan fingerprint density at radius 1 is 1.35 bits per heavy atom. The molecule has 0 aliphatic rings. The third-order valence-corrected chi connectivity index (χ3v) is 1.76. The number of carboxylic acids is 1. The number of hydrazone groups is 1. The lowest BCUT2D eigenvalue weighted by atomic mass is 10.0. The number of aliphatic hydroxyl groups excluding tert-OH is 4. The summed E-state index contributed by atoms with van der Waals surface area (Å²) in [5.74, 6) is -1.98. The Kier molecular flexibility index (Phi) is 6.53. The molecule has 17 heavy (non-hydrogen) atoms. The zero-order valence-electron chi connectivity index (χ0n) is 8.42. The Morgan fingerprint density at radius 3 is 2.29 bits per heavy atom. The summed E-state index contributed by atoms with van der Waals surface area (Å²) in [5, 5.41) is 49.7. The van der Waals surface area contributed by atoms with Crippen LogP contribution in [0.2, 0.25) is 0 Å². The number of rotatable bonds is 6. The van der Waals surface area contributed by atoms with Crippen LogP contribution in [-0.4, -0.2) is 62.1 Å². The average molecular weight is 266 g/mol. The third kappa shape index (κ3) is 5.51. The van der Waals surface area contributed by atoms with Crippen LogP contribution in [0.25, 0.3) is 0 Å². The fraction of sp³-hybridized carbons (Fsp3) is 0.571. The first-order valence-electron chi connectivity index (χ1n) is 4.29. The maximum absolute atomic E-state index is 10.2. The number of hydrogen-bond acceptors (Lipinski definition) is 8. The first-order valence-corrected chi connectivity index (χ1v) is 4.70. The molecular formula is C7H12N3O6S-. The van der Waals surface area contributed by atoms with E-state index in [1.54, 1.807) is 0 Å². The van der Waals surface area contributed by atoms with Crippen molar-refractivity contribution in [2.45, 2.75) is 24.4 Å². The lowest BCUT2D eigenvalue weighted by Crippen LogP contribution is -2.52. The first-order chi connectivity index (χ1) is 7.77. The van der Waals surface area contributed by atoms with Crippen LogP contribution in [0.5, 0.6) is 0 Å². The van der Waals surface area contributed by atoms with Gasteiger partial charge in [0.25, 0.3) is 0 Å². The Hall–Kier alpha value is -1.33. The van der Waals surface area contributed by atoms with Gasteiger partial charge in [-0.3, -0.25) is 5.43 Å². The van der Waals surface area contributed by atoms with Gasteiger partial charge in [-0.1, -0.05) is 0 Å². The fourth-order valence-corrected chi connectivity index (χ4v) is 0.846. The van der Waals surface area contributed by atoms with E-state index in [9.17, 15) is 20.1 Å². The molecule has 0 aromatic carbocycles. The van der Waals surface area contributed by atoms with Gasteiger partial charge in [-0.15, -0.1) is 0 Å². The van der Waals surface area contributed by atoms with Crippen LogP contribution in [-0.2, 0) is 4.79 Å². The van der Waals surface area contributed by atoms with Gasteiger partial charge < -0.3 is 36.1 Å². The predicted octanol–water partition coefficient (Wildman–Crippen LogP) is -5.00. The van der Waals surface area contributed by atoms with Crippen LogP contribution in [0.4, 0.5) is 0 Å². The van der Waals surface area contributed by atoms with Crippen molar-refractivity contribution in [3.8, 4) is 0 Å². The molecule has 0 aromatic rings. The van der Waals surface area contributed by atoms with Crippen molar-refractivity contribution >= 4 is 29.5 Å². The minimum absolute atomic E-state index is 0.196. The highest BCUT2D eigenvalue weighted by atomic mass is 32.1. The quantitative estimate of drug-likeness (QED) is 0.156. The van der Waals surface area contributed by atoms with Crippen molar-refractivity contribution in [2.75, 3.05) is 0 Å². The summed E-state index contributed by atoms with van der Waals surface area (Å²) in [4.78, 5) is 10.2. The molecule has 0 unspecified atom stereocenters. The van der Waals surface area contributed by atoms with Crippen molar-refractivity contribution in [1.82, 2.24) is 5.43 Å². The topological polar surface area (TPSA) is 171 Å². The number of aliphatic carboxylic acids is 1. The number of nitrogens with zero attached hydrogens (tertiary/aromatic N) is 1. The molecular weight excluding hydrogens is 254 g/mol. The number of hydrogen-bond donors (Lipinski definition) is 6. The van der Waals surface area contributed by atoms with Crippen LogP contribution in [0.1, 0.15) is 0 Å². The van der Waals surface area contributed by atoms with E-state index in [1.165, 1.54) is 0 Å². The molecule has 0 aromatic heterocycles. The van der Waals surface area contributed by atoms with Gasteiger partial charge in [-0.25, -0.2) is 0 Å². The summed E-state index contributed by atoms with van der Waals surface area (Å²) >= 11 is 4.37. The van der Waals surface area contributed by atoms with Crippen LogP contribution in [0, 0.1) is 0 Å².